The van der Waals surface area contributed by atoms with Crippen LogP contribution < -0.4 is 4.74 Å². The van der Waals surface area contributed by atoms with Gasteiger partial charge in [0.15, 0.2) is 0 Å². The van der Waals surface area contributed by atoms with Gasteiger partial charge in [-0.15, -0.1) is 0 Å². The topological polar surface area (TPSA) is 22.1 Å². The molecule has 0 aliphatic rings. The molecule has 0 aliphatic carbocycles. The predicted molar refractivity (Wildman–Crippen MR) is 65.7 cm³/mol. The average Bonchev–Trinajstić information content (AvgIpc) is 2.29. The molecule has 0 N–H and O–H groups in total. The van der Waals surface area contributed by atoms with Crippen LogP contribution in [-0.4, -0.2) is 17.3 Å². The molecule has 3 heteroatoms. The number of thiol groups is 1. The second-order valence-corrected chi connectivity index (χ2v) is 3.73. The summed E-state index contributed by atoms with van der Waals surface area (Å²) in [5.41, 5.74) is 0.999. The van der Waals surface area contributed by atoms with Gasteiger partial charge in [0.2, 0.25) is 0 Å². The quantitative estimate of drug-likeness (QED) is 0.631. The fourth-order valence-electron chi connectivity index (χ4n) is 1.40. The van der Waals surface area contributed by atoms with E-state index in [-0.39, 0.29) is 0 Å². The normalized spacial score (nSPS) is 10.5. The largest absolute Gasteiger partial charge is 0.494 e. The molecule has 0 bridgehead atoms. The predicted octanol–water partition coefficient (Wildman–Crippen LogP) is 2.93. The maximum absolute atomic E-state index is 5.58. The van der Waals surface area contributed by atoms with Crippen LogP contribution in [0.1, 0.15) is 6.42 Å². The van der Waals surface area contributed by atoms with Gasteiger partial charge < -0.3 is 4.74 Å². The maximum Gasteiger partial charge on any atom is 0.120 e. The Bertz CT molecular complexity index is 444. The van der Waals surface area contributed by atoms with E-state index in [9.17, 15) is 0 Å². The molecule has 78 valence electrons. The summed E-state index contributed by atoms with van der Waals surface area (Å²) < 4.78 is 5.58. The minimum atomic E-state index is 0.718. The summed E-state index contributed by atoms with van der Waals surface area (Å²) in [4.78, 5) is 4.25. The summed E-state index contributed by atoms with van der Waals surface area (Å²) in [5, 5.41) is 1.11. The Morgan fingerprint density at radius 1 is 1.27 bits per heavy atom. The Morgan fingerprint density at radius 3 is 3.07 bits per heavy atom. The standard InChI is InChI=1S/C12H13NOS/c15-8-2-7-14-11-4-5-12-10(9-11)3-1-6-13-12/h1,3-6,9,15H,2,7-8H2. The van der Waals surface area contributed by atoms with E-state index in [1.807, 2.05) is 30.3 Å². The molecule has 2 nitrogen and oxygen atoms in total. The summed E-state index contributed by atoms with van der Waals surface area (Å²) in [6.07, 6.45) is 2.76. The van der Waals surface area contributed by atoms with Crippen molar-refractivity contribution in [2.24, 2.45) is 0 Å². The first kappa shape index (κ1) is 10.3. The summed E-state index contributed by atoms with van der Waals surface area (Å²) in [6, 6.07) is 9.91. The Morgan fingerprint density at radius 2 is 2.20 bits per heavy atom. The summed E-state index contributed by atoms with van der Waals surface area (Å²) in [7, 11) is 0. The summed E-state index contributed by atoms with van der Waals surface area (Å²) in [5.74, 6) is 1.76. The molecule has 0 radical (unpaired) electrons. The molecular weight excluding hydrogens is 206 g/mol. The van der Waals surface area contributed by atoms with E-state index < -0.39 is 0 Å². The van der Waals surface area contributed by atoms with Crippen LogP contribution in [0.15, 0.2) is 36.5 Å². The Balaban J connectivity index is 2.16. The van der Waals surface area contributed by atoms with Crippen LogP contribution in [0.25, 0.3) is 10.9 Å². The highest BCUT2D eigenvalue weighted by molar-refractivity contribution is 7.80. The number of hydrogen-bond donors (Lipinski definition) is 1. The Labute approximate surface area is 94.7 Å². The number of pyridine rings is 1. The molecule has 0 atom stereocenters. The SMILES string of the molecule is SCCCOc1ccc2ncccc2c1. The molecule has 0 unspecified atom stereocenters. The van der Waals surface area contributed by atoms with E-state index >= 15 is 0 Å². The highest BCUT2D eigenvalue weighted by Gasteiger charge is 1.97. The van der Waals surface area contributed by atoms with E-state index in [4.69, 9.17) is 4.74 Å². The molecule has 0 amide bonds. The van der Waals surface area contributed by atoms with Gasteiger partial charge in [-0.3, -0.25) is 4.98 Å². The lowest BCUT2D eigenvalue weighted by atomic mass is 10.2. The number of aromatic nitrogens is 1. The van der Waals surface area contributed by atoms with E-state index in [1.54, 1.807) is 6.20 Å². The number of hydrogen-bond acceptors (Lipinski definition) is 3. The number of fused-ring (bicyclic) bond motifs is 1. The van der Waals surface area contributed by atoms with Crippen molar-refractivity contribution < 1.29 is 4.74 Å². The third kappa shape index (κ3) is 2.63. The first-order chi connectivity index (χ1) is 7.40. The third-order valence-corrected chi connectivity index (χ3v) is 2.46. The van der Waals surface area contributed by atoms with Gasteiger partial charge in [0, 0.05) is 11.6 Å². The van der Waals surface area contributed by atoms with Crippen molar-refractivity contribution in [3.05, 3.63) is 36.5 Å². The van der Waals surface area contributed by atoms with Gasteiger partial charge in [0.1, 0.15) is 5.75 Å². The van der Waals surface area contributed by atoms with E-state index in [1.165, 1.54) is 0 Å². The van der Waals surface area contributed by atoms with Crippen molar-refractivity contribution in [2.45, 2.75) is 6.42 Å². The monoisotopic (exact) mass is 219 g/mol. The molecule has 1 aromatic carbocycles. The smallest absolute Gasteiger partial charge is 0.120 e. The second-order valence-electron chi connectivity index (χ2n) is 3.28. The zero-order chi connectivity index (χ0) is 10.5. The van der Waals surface area contributed by atoms with Crippen molar-refractivity contribution in [2.75, 3.05) is 12.4 Å². The first-order valence-electron chi connectivity index (χ1n) is 4.98. The first-order valence-corrected chi connectivity index (χ1v) is 5.62. The third-order valence-electron chi connectivity index (χ3n) is 2.15. The van der Waals surface area contributed by atoms with Crippen LogP contribution in [0.3, 0.4) is 0 Å². The Hall–Kier alpha value is -1.22. The lowest BCUT2D eigenvalue weighted by Crippen LogP contribution is -1.97. The van der Waals surface area contributed by atoms with Crippen LogP contribution in [0, 0.1) is 0 Å². The van der Waals surface area contributed by atoms with Crippen molar-refractivity contribution in [1.29, 1.82) is 0 Å². The van der Waals surface area contributed by atoms with E-state index in [0.717, 1.165) is 35.4 Å². The van der Waals surface area contributed by atoms with Crippen molar-refractivity contribution in [3.63, 3.8) is 0 Å². The van der Waals surface area contributed by atoms with Gasteiger partial charge in [0.05, 0.1) is 12.1 Å². The number of nitrogens with zero attached hydrogens (tertiary/aromatic N) is 1. The maximum atomic E-state index is 5.58. The lowest BCUT2D eigenvalue weighted by Gasteiger charge is -2.05. The number of ether oxygens (including phenoxy) is 1. The van der Waals surface area contributed by atoms with Crippen molar-refractivity contribution >= 4 is 23.5 Å². The molecule has 1 aromatic heterocycles. The zero-order valence-corrected chi connectivity index (χ0v) is 9.28. The van der Waals surface area contributed by atoms with Gasteiger partial charge in [-0.05, 0) is 36.4 Å². The molecule has 2 rings (SSSR count). The molecule has 0 saturated heterocycles. The molecule has 1 heterocycles. The van der Waals surface area contributed by atoms with Gasteiger partial charge in [0.25, 0.3) is 0 Å². The minimum Gasteiger partial charge on any atom is -0.494 e. The molecule has 0 fully saturated rings. The highest BCUT2D eigenvalue weighted by Crippen LogP contribution is 2.18. The number of rotatable bonds is 4. The molecule has 15 heavy (non-hydrogen) atoms. The summed E-state index contributed by atoms with van der Waals surface area (Å²) >= 11 is 4.14. The van der Waals surface area contributed by atoms with Crippen LogP contribution in [-0.2, 0) is 0 Å². The van der Waals surface area contributed by atoms with Crippen LogP contribution in [0.2, 0.25) is 0 Å². The van der Waals surface area contributed by atoms with Crippen molar-refractivity contribution in [3.8, 4) is 5.75 Å². The van der Waals surface area contributed by atoms with Gasteiger partial charge in [-0.1, -0.05) is 6.07 Å². The second kappa shape index (κ2) is 5.03. The summed E-state index contributed by atoms with van der Waals surface area (Å²) in [6.45, 7) is 0.718. The molecule has 0 saturated carbocycles. The average molecular weight is 219 g/mol. The minimum absolute atomic E-state index is 0.718. The van der Waals surface area contributed by atoms with E-state index in [0.29, 0.717) is 0 Å². The van der Waals surface area contributed by atoms with Gasteiger partial charge in [-0.2, -0.15) is 12.6 Å². The molecule has 2 aromatic rings. The number of benzene rings is 1. The molecular formula is C12H13NOS. The van der Waals surface area contributed by atoms with Gasteiger partial charge >= 0.3 is 0 Å². The molecule has 0 spiro atoms. The van der Waals surface area contributed by atoms with Crippen LogP contribution >= 0.6 is 12.6 Å². The fraction of sp³-hybridized carbons (Fsp3) is 0.250. The fourth-order valence-corrected chi connectivity index (χ4v) is 1.53. The van der Waals surface area contributed by atoms with Crippen molar-refractivity contribution in [1.82, 2.24) is 4.98 Å². The van der Waals surface area contributed by atoms with Crippen LogP contribution in [0.5, 0.6) is 5.75 Å². The highest BCUT2D eigenvalue weighted by atomic mass is 32.1. The Kier molecular flexibility index (Phi) is 3.45. The molecule has 0 aliphatic heterocycles. The van der Waals surface area contributed by atoms with E-state index in [2.05, 4.69) is 17.6 Å². The zero-order valence-electron chi connectivity index (χ0n) is 8.39. The van der Waals surface area contributed by atoms with Gasteiger partial charge in [-0.25, -0.2) is 0 Å². The van der Waals surface area contributed by atoms with Crippen LogP contribution in [0.4, 0.5) is 0 Å². The lowest BCUT2D eigenvalue weighted by molar-refractivity contribution is 0.319.